The number of rotatable bonds is 2. The van der Waals surface area contributed by atoms with Crippen LogP contribution in [-0.4, -0.2) is 60.3 Å². The van der Waals surface area contributed by atoms with Gasteiger partial charge in [-0.05, 0) is 36.8 Å². The Morgan fingerprint density at radius 3 is 2.69 bits per heavy atom. The second kappa shape index (κ2) is 6.74. The molecule has 3 aliphatic heterocycles. The van der Waals surface area contributed by atoms with Crippen LogP contribution in [0.1, 0.15) is 32.3 Å². The second-order valence-corrected chi connectivity index (χ2v) is 7.84. The van der Waals surface area contributed by atoms with Crippen molar-refractivity contribution in [2.45, 2.75) is 26.7 Å². The monoisotopic (exact) mass is 354 g/mol. The number of nitrogens with zero attached hydrogens (tertiary/aromatic N) is 4. The van der Waals surface area contributed by atoms with Gasteiger partial charge >= 0.3 is 6.03 Å². The summed E-state index contributed by atoms with van der Waals surface area (Å²) >= 11 is 0. The quantitative estimate of drug-likeness (QED) is 0.820. The number of hydrogen-bond acceptors (Lipinski definition) is 3. The van der Waals surface area contributed by atoms with Gasteiger partial charge in [0.25, 0.3) is 0 Å². The molecule has 138 valence electrons. The molecule has 3 heterocycles. The number of carbonyl (C=O) groups is 2. The van der Waals surface area contributed by atoms with Crippen LogP contribution in [0.5, 0.6) is 0 Å². The molecule has 6 nitrogen and oxygen atoms in total. The lowest BCUT2D eigenvalue weighted by atomic mass is 9.92. The van der Waals surface area contributed by atoms with Crippen molar-refractivity contribution in [3.63, 3.8) is 0 Å². The zero-order valence-corrected chi connectivity index (χ0v) is 15.5. The van der Waals surface area contributed by atoms with Gasteiger partial charge in [0.1, 0.15) is 12.4 Å². The van der Waals surface area contributed by atoms with Crippen molar-refractivity contribution >= 4 is 23.5 Å². The Morgan fingerprint density at radius 1 is 1.19 bits per heavy atom. The summed E-state index contributed by atoms with van der Waals surface area (Å²) in [6.07, 6.45) is 2.02. The van der Waals surface area contributed by atoms with Crippen molar-refractivity contribution in [1.29, 1.82) is 0 Å². The highest BCUT2D eigenvalue weighted by Gasteiger charge is 2.38. The number of fused-ring (bicyclic) bond motifs is 3. The van der Waals surface area contributed by atoms with Gasteiger partial charge in [-0.2, -0.15) is 0 Å². The predicted molar refractivity (Wildman–Crippen MR) is 101 cm³/mol. The van der Waals surface area contributed by atoms with Gasteiger partial charge in [0.2, 0.25) is 5.91 Å². The first kappa shape index (κ1) is 17.1. The Hall–Kier alpha value is -2.37. The van der Waals surface area contributed by atoms with Crippen molar-refractivity contribution in [1.82, 2.24) is 9.80 Å². The molecular weight excluding hydrogens is 328 g/mol. The normalized spacial score (nSPS) is 25.5. The molecule has 1 saturated heterocycles. The van der Waals surface area contributed by atoms with Crippen LogP contribution in [0.2, 0.25) is 0 Å². The van der Waals surface area contributed by atoms with Crippen molar-refractivity contribution in [2.24, 2.45) is 16.8 Å². The lowest BCUT2D eigenvalue weighted by molar-refractivity contribution is -0.132. The smallest absolute Gasteiger partial charge is 0.330 e. The van der Waals surface area contributed by atoms with Gasteiger partial charge < -0.3 is 4.90 Å². The van der Waals surface area contributed by atoms with Crippen LogP contribution in [0.15, 0.2) is 29.3 Å². The van der Waals surface area contributed by atoms with Crippen molar-refractivity contribution in [3.8, 4) is 0 Å². The van der Waals surface area contributed by atoms with Crippen LogP contribution >= 0.6 is 0 Å². The molecule has 0 radical (unpaired) electrons. The maximum atomic E-state index is 13.1. The zero-order chi connectivity index (χ0) is 18.3. The Bertz CT molecular complexity index is 750. The fourth-order valence-corrected chi connectivity index (χ4v) is 4.42. The van der Waals surface area contributed by atoms with Crippen LogP contribution in [-0.2, 0) is 4.79 Å². The molecule has 0 aromatic heterocycles. The van der Waals surface area contributed by atoms with E-state index in [2.05, 4.69) is 18.8 Å². The van der Waals surface area contributed by atoms with Gasteiger partial charge in [0.15, 0.2) is 0 Å². The largest absolute Gasteiger partial charge is 0.341 e. The fraction of sp³-hybridized carbons (Fsp3) is 0.550. The van der Waals surface area contributed by atoms with E-state index in [1.165, 1.54) is 0 Å². The summed E-state index contributed by atoms with van der Waals surface area (Å²) < 4.78 is 0. The lowest BCUT2D eigenvalue weighted by Crippen LogP contribution is -2.56. The first-order chi connectivity index (χ1) is 12.5. The average molecular weight is 354 g/mol. The third-order valence-electron chi connectivity index (χ3n) is 5.47. The van der Waals surface area contributed by atoms with E-state index in [-0.39, 0.29) is 18.5 Å². The van der Waals surface area contributed by atoms with Gasteiger partial charge in [0.05, 0.1) is 5.69 Å². The van der Waals surface area contributed by atoms with E-state index in [0.29, 0.717) is 18.4 Å². The number of anilines is 1. The highest BCUT2D eigenvalue weighted by atomic mass is 16.2. The summed E-state index contributed by atoms with van der Waals surface area (Å²) in [6, 6.07) is 7.64. The number of benzene rings is 1. The van der Waals surface area contributed by atoms with E-state index in [0.717, 1.165) is 49.6 Å². The molecule has 26 heavy (non-hydrogen) atoms. The van der Waals surface area contributed by atoms with Gasteiger partial charge in [-0.3, -0.25) is 19.6 Å². The van der Waals surface area contributed by atoms with E-state index in [1.807, 2.05) is 29.2 Å². The summed E-state index contributed by atoms with van der Waals surface area (Å²) in [5, 5.41) is 0. The number of para-hydroxylation sites is 1. The molecule has 3 amide bonds. The molecule has 1 fully saturated rings. The fourth-order valence-electron chi connectivity index (χ4n) is 4.42. The summed E-state index contributed by atoms with van der Waals surface area (Å²) in [7, 11) is 0. The molecule has 0 aliphatic carbocycles. The Labute approximate surface area is 154 Å². The molecule has 0 bridgehead atoms. The molecule has 0 N–H and O–H groups in total. The molecule has 6 heteroatoms. The van der Waals surface area contributed by atoms with Crippen molar-refractivity contribution < 1.29 is 9.59 Å². The third-order valence-corrected chi connectivity index (χ3v) is 5.47. The molecule has 0 spiro atoms. The lowest BCUT2D eigenvalue weighted by Gasteiger charge is -2.41. The van der Waals surface area contributed by atoms with Crippen molar-refractivity contribution in [2.75, 3.05) is 37.6 Å². The van der Waals surface area contributed by atoms with E-state index < -0.39 is 0 Å². The summed E-state index contributed by atoms with van der Waals surface area (Å²) in [5.74, 6) is 1.80. The van der Waals surface area contributed by atoms with Crippen LogP contribution in [0, 0.1) is 11.8 Å². The number of likely N-dealkylation sites (tertiary alicyclic amines) is 1. The molecule has 2 atom stereocenters. The minimum atomic E-state index is -0.131. The highest BCUT2D eigenvalue weighted by Crippen LogP contribution is 2.31. The van der Waals surface area contributed by atoms with Crippen LogP contribution in [0.3, 0.4) is 0 Å². The molecular formula is C20H26N4O2. The number of amidine groups is 1. The Morgan fingerprint density at radius 2 is 1.92 bits per heavy atom. The summed E-state index contributed by atoms with van der Waals surface area (Å²) in [5.41, 5.74) is 1.74. The number of amides is 3. The van der Waals surface area contributed by atoms with E-state index in [1.54, 1.807) is 9.80 Å². The van der Waals surface area contributed by atoms with Gasteiger partial charge in [-0.1, -0.05) is 26.0 Å². The summed E-state index contributed by atoms with van der Waals surface area (Å²) in [4.78, 5) is 35.9. The number of urea groups is 1. The number of carbonyl (C=O) groups excluding carboxylic acids is 2. The standard InChI is InChI=1S/C20H26N4O2/c1-14-10-15(2)12-22(11-14)18(25)13-24-17-7-4-3-6-16(17)19-21-8-5-9-23(19)20(24)26/h3-4,6-7,14-15H,5,8-13H2,1-2H3/t14-,15+. The Balaban J connectivity index is 1.61. The topological polar surface area (TPSA) is 56.2 Å². The predicted octanol–water partition coefficient (Wildman–Crippen LogP) is 2.58. The molecule has 0 saturated carbocycles. The van der Waals surface area contributed by atoms with Gasteiger partial charge in [0, 0.05) is 31.7 Å². The van der Waals surface area contributed by atoms with Crippen molar-refractivity contribution in [3.05, 3.63) is 29.8 Å². The highest BCUT2D eigenvalue weighted by molar-refractivity contribution is 6.20. The third kappa shape index (κ3) is 2.97. The molecule has 0 unspecified atom stereocenters. The van der Waals surface area contributed by atoms with E-state index in [9.17, 15) is 9.59 Å². The second-order valence-electron chi connectivity index (χ2n) is 7.84. The first-order valence-electron chi connectivity index (χ1n) is 9.55. The number of hydrogen-bond donors (Lipinski definition) is 0. The number of aliphatic imine (C=N–C) groups is 1. The zero-order valence-electron chi connectivity index (χ0n) is 15.5. The maximum absolute atomic E-state index is 13.1. The maximum Gasteiger partial charge on any atom is 0.330 e. The van der Waals surface area contributed by atoms with E-state index in [4.69, 9.17) is 0 Å². The molecule has 1 aromatic rings. The molecule has 1 aromatic carbocycles. The average Bonchev–Trinajstić information content (AvgIpc) is 2.64. The van der Waals surface area contributed by atoms with Crippen LogP contribution in [0.25, 0.3) is 0 Å². The van der Waals surface area contributed by atoms with Gasteiger partial charge in [-0.25, -0.2) is 4.79 Å². The minimum Gasteiger partial charge on any atom is -0.341 e. The molecule has 4 rings (SSSR count). The van der Waals surface area contributed by atoms with Gasteiger partial charge in [-0.15, -0.1) is 0 Å². The number of piperidine rings is 1. The Kier molecular flexibility index (Phi) is 4.42. The molecule has 3 aliphatic rings. The van der Waals surface area contributed by atoms with Crippen LogP contribution in [0.4, 0.5) is 10.5 Å². The van der Waals surface area contributed by atoms with Crippen LogP contribution < -0.4 is 4.90 Å². The van der Waals surface area contributed by atoms with E-state index >= 15 is 0 Å². The minimum absolute atomic E-state index is 0.0314. The SMILES string of the molecule is C[C@@H]1C[C@H](C)CN(C(=O)CN2C(=O)N3CCCN=C3c3ccccc32)C1. The first-order valence-corrected chi connectivity index (χ1v) is 9.55. The summed E-state index contributed by atoms with van der Waals surface area (Å²) in [6.45, 7) is 7.44.